The third-order valence-corrected chi connectivity index (χ3v) is 5.39. The summed E-state index contributed by atoms with van der Waals surface area (Å²) in [5.41, 5.74) is 8.43. The summed E-state index contributed by atoms with van der Waals surface area (Å²) in [5.74, 6) is -1.81. The third-order valence-electron chi connectivity index (χ3n) is 5.39. The van der Waals surface area contributed by atoms with Crippen LogP contribution in [-0.4, -0.2) is 53.0 Å². The number of nitrogens with two attached hydrogens (primary N) is 1. The van der Waals surface area contributed by atoms with Crippen molar-refractivity contribution < 1.29 is 19.1 Å². The number of halogens is 1. The summed E-state index contributed by atoms with van der Waals surface area (Å²) in [5, 5.41) is 11.9. The molecule has 0 aliphatic carbocycles. The van der Waals surface area contributed by atoms with Crippen LogP contribution in [0.1, 0.15) is 45.7 Å². The van der Waals surface area contributed by atoms with Gasteiger partial charge in [0, 0.05) is 35.7 Å². The van der Waals surface area contributed by atoms with Gasteiger partial charge in [-0.05, 0) is 69.6 Å². The van der Waals surface area contributed by atoms with Crippen molar-refractivity contribution in [1.29, 1.82) is 0 Å². The molecule has 2 aliphatic rings. The molecule has 1 aromatic carbocycles. The van der Waals surface area contributed by atoms with Gasteiger partial charge < -0.3 is 26.0 Å². The number of nitrogens with one attached hydrogen (secondary N) is 2. The van der Waals surface area contributed by atoms with E-state index in [0.29, 0.717) is 33.8 Å². The van der Waals surface area contributed by atoms with E-state index in [0.717, 1.165) is 13.1 Å². The fourth-order valence-corrected chi connectivity index (χ4v) is 3.88. The molecule has 1 aromatic heterocycles. The molecule has 5 N–H and O–H groups in total. The zero-order valence-electron chi connectivity index (χ0n) is 17.2. The quantitative estimate of drug-likeness (QED) is 0.575. The van der Waals surface area contributed by atoms with Crippen molar-refractivity contribution in [2.45, 2.75) is 26.7 Å². The van der Waals surface area contributed by atoms with Crippen LogP contribution in [0.15, 0.2) is 18.2 Å². The summed E-state index contributed by atoms with van der Waals surface area (Å²) in [6.45, 7) is 7.79. The molecule has 160 valence electrons. The summed E-state index contributed by atoms with van der Waals surface area (Å²) in [4.78, 5) is 28.7. The van der Waals surface area contributed by atoms with E-state index >= 15 is 0 Å². The number of aryl methyl sites for hydroxylation is 1. The van der Waals surface area contributed by atoms with E-state index in [9.17, 15) is 19.1 Å². The number of aromatic carboxylic acids is 1. The first-order valence-corrected chi connectivity index (χ1v) is 9.99. The molecule has 30 heavy (non-hydrogen) atoms. The van der Waals surface area contributed by atoms with E-state index in [1.165, 1.54) is 44.1 Å². The smallest absolute Gasteiger partial charge is 0.337 e. The number of rotatable bonds is 4. The Kier molecular flexibility index (Phi) is 6.69. The number of aromatic nitrogens is 1. The Hall–Kier alpha value is -2.97. The van der Waals surface area contributed by atoms with E-state index in [4.69, 9.17) is 5.73 Å². The first-order valence-electron chi connectivity index (χ1n) is 9.99. The standard InChI is InChI=1S/C16H13FN2O3.C6H14N2/c1-7-13(18-8(2)14(7)16(21)22)6-11-10-5-9(17)3-4-12(10)19-15(11)20;7-3-6-8-4-1-2-5-8/h3-6,18H,1-2H3,(H,19,20)(H,21,22);1-7H2/b11-6-;. The van der Waals surface area contributed by atoms with E-state index in [1.807, 2.05) is 0 Å². The number of hydrogen-bond donors (Lipinski definition) is 4. The van der Waals surface area contributed by atoms with Gasteiger partial charge in [0.15, 0.2) is 0 Å². The Balaban J connectivity index is 0.000000269. The fraction of sp³-hybridized carbons (Fsp3) is 0.364. The Morgan fingerprint density at radius 1 is 1.30 bits per heavy atom. The van der Waals surface area contributed by atoms with Crippen LogP contribution in [0.2, 0.25) is 0 Å². The molecule has 0 radical (unpaired) electrons. The van der Waals surface area contributed by atoms with Gasteiger partial charge in [0.25, 0.3) is 5.91 Å². The molecule has 0 bridgehead atoms. The topological polar surface area (TPSA) is 111 Å². The van der Waals surface area contributed by atoms with E-state index in [1.54, 1.807) is 19.9 Å². The van der Waals surface area contributed by atoms with Gasteiger partial charge >= 0.3 is 5.97 Å². The maximum atomic E-state index is 13.4. The number of carbonyl (C=O) groups excluding carboxylic acids is 1. The Morgan fingerprint density at radius 2 is 2.00 bits per heavy atom. The van der Waals surface area contributed by atoms with Crippen LogP contribution >= 0.6 is 0 Å². The van der Waals surface area contributed by atoms with Crippen LogP contribution in [-0.2, 0) is 4.79 Å². The van der Waals surface area contributed by atoms with Gasteiger partial charge in [-0.25, -0.2) is 9.18 Å². The average Bonchev–Trinajstić information content (AvgIpc) is 3.36. The SMILES string of the molecule is Cc1[nH]c(/C=C2\C(=O)Nc3ccc(F)cc32)c(C)c1C(=O)O.NCCN1CCCC1. The van der Waals surface area contributed by atoms with Crippen molar-refractivity contribution in [3.8, 4) is 0 Å². The second-order valence-corrected chi connectivity index (χ2v) is 7.51. The van der Waals surface area contributed by atoms with Gasteiger partial charge in [-0.3, -0.25) is 4.79 Å². The number of benzene rings is 1. The summed E-state index contributed by atoms with van der Waals surface area (Å²) >= 11 is 0. The predicted octanol–water partition coefficient (Wildman–Crippen LogP) is 3.00. The molecule has 0 atom stereocenters. The molecule has 2 aliphatic heterocycles. The summed E-state index contributed by atoms with van der Waals surface area (Å²) in [6, 6.07) is 4.05. The molecule has 0 spiro atoms. The molecule has 4 rings (SSSR count). The van der Waals surface area contributed by atoms with Crippen molar-refractivity contribution in [1.82, 2.24) is 9.88 Å². The highest BCUT2D eigenvalue weighted by atomic mass is 19.1. The Morgan fingerprint density at radius 3 is 2.60 bits per heavy atom. The number of likely N-dealkylation sites (tertiary alicyclic amines) is 1. The zero-order chi connectivity index (χ0) is 21.8. The zero-order valence-corrected chi connectivity index (χ0v) is 17.2. The minimum Gasteiger partial charge on any atom is -0.478 e. The predicted molar refractivity (Wildman–Crippen MR) is 115 cm³/mol. The number of carboxylic acid groups (broad SMARTS) is 1. The van der Waals surface area contributed by atoms with Crippen molar-refractivity contribution in [3.63, 3.8) is 0 Å². The molecule has 1 saturated heterocycles. The Bertz CT molecular complexity index is 991. The molecular weight excluding hydrogens is 387 g/mol. The lowest BCUT2D eigenvalue weighted by molar-refractivity contribution is -0.110. The number of nitrogens with zero attached hydrogens (tertiary/aromatic N) is 1. The highest BCUT2D eigenvalue weighted by molar-refractivity contribution is 6.34. The lowest BCUT2D eigenvalue weighted by Crippen LogP contribution is -2.26. The lowest BCUT2D eigenvalue weighted by atomic mass is 10.0. The number of aromatic amines is 1. The molecule has 1 fully saturated rings. The molecule has 0 saturated carbocycles. The first kappa shape index (κ1) is 21.7. The fourth-order valence-electron chi connectivity index (χ4n) is 3.88. The molecule has 7 nitrogen and oxygen atoms in total. The largest absolute Gasteiger partial charge is 0.478 e. The minimum atomic E-state index is -1.03. The van der Waals surface area contributed by atoms with Gasteiger partial charge in [-0.15, -0.1) is 0 Å². The van der Waals surface area contributed by atoms with Crippen molar-refractivity contribution in [2.24, 2.45) is 5.73 Å². The number of carbonyl (C=O) groups is 2. The molecule has 8 heteroatoms. The van der Waals surface area contributed by atoms with Crippen LogP contribution in [0.3, 0.4) is 0 Å². The van der Waals surface area contributed by atoms with Crippen LogP contribution in [0.4, 0.5) is 10.1 Å². The number of carboxylic acids is 1. The minimum absolute atomic E-state index is 0.185. The van der Waals surface area contributed by atoms with Crippen molar-refractivity contribution >= 4 is 29.2 Å². The van der Waals surface area contributed by atoms with Crippen LogP contribution in [0.25, 0.3) is 11.6 Å². The molecule has 3 heterocycles. The summed E-state index contributed by atoms with van der Waals surface area (Å²) in [6.07, 6.45) is 4.30. The molecular formula is C22H27FN4O3. The third kappa shape index (κ3) is 4.60. The highest BCUT2D eigenvalue weighted by Crippen LogP contribution is 2.34. The maximum absolute atomic E-state index is 13.4. The second kappa shape index (κ2) is 9.23. The van der Waals surface area contributed by atoms with E-state index in [2.05, 4.69) is 15.2 Å². The van der Waals surface area contributed by atoms with Gasteiger partial charge in [0.05, 0.1) is 11.1 Å². The summed E-state index contributed by atoms with van der Waals surface area (Å²) < 4.78 is 13.4. The van der Waals surface area contributed by atoms with E-state index < -0.39 is 11.8 Å². The Labute approximate surface area is 174 Å². The number of hydrogen-bond acceptors (Lipinski definition) is 4. The molecule has 1 amide bonds. The van der Waals surface area contributed by atoms with Crippen LogP contribution < -0.4 is 11.1 Å². The van der Waals surface area contributed by atoms with Gasteiger partial charge in [-0.2, -0.15) is 0 Å². The highest BCUT2D eigenvalue weighted by Gasteiger charge is 2.26. The van der Waals surface area contributed by atoms with Gasteiger partial charge in [0.2, 0.25) is 0 Å². The number of H-pyrrole nitrogens is 1. The van der Waals surface area contributed by atoms with E-state index in [-0.39, 0.29) is 11.5 Å². The number of anilines is 1. The first-order chi connectivity index (χ1) is 14.3. The van der Waals surface area contributed by atoms with Gasteiger partial charge in [-0.1, -0.05) is 0 Å². The number of fused-ring (bicyclic) bond motifs is 1. The van der Waals surface area contributed by atoms with Crippen LogP contribution in [0, 0.1) is 19.7 Å². The second-order valence-electron chi connectivity index (χ2n) is 7.51. The summed E-state index contributed by atoms with van der Waals surface area (Å²) in [7, 11) is 0. The average molecular weight is 414 g/mol. The number of amides is 1. The lowest BCUT2D eigenvalue weighted by Gasteiger charge is -2.11. The van der Waals surface area contributed by atoms with Crippen LogP contribution in [0.5, 0.6) is 0 Å². The van der Waals surface area contributed by atoms with Gasteiger partial charge in [0.1, 0.15) is 5.82 Å². The van der Waals surface area contributed by atoms with Crippen molar-refractivity contribution in [2.75, 3.05) is 31.5 Å². The molecule has 2 aromatic rings. The monoisotopic (exact) mass is 414 g/mol. The van der Waals surface area contributed by atoms with Crippen molar-refractivity contribution in [3.05, 3.63) is 52.1 Å². The maximum Gasteiger partial charge on any atom is 0.337 e. The normalized spacial score (nSPS) is 16.9. The molecule has 0 unspecified atom stereocenters.